The standard InChI is InChI=1S/C34H34FN7O3/c1-40-30-24(12-20(14-27(30)45-2)34(44)42-16-19-9-11-25(42)29(19)36)39-33(40)26-13-18-8-10-23(38-32(18)41(26)15-17-6-7-17)21-4-3-5-22(35)28(21)31(37)43/h3-5,8,10,12-14,17,19,25,29H,6-7,9,11,15-16,36H2,1-2H3,(H2,37,43)/t19?,25?,29-/m1/s1. The van der Waals surface area contributed by atoms with Crippen LogP contribution in [0.5, 0.6) is 5.75 Å². The minimum absolute atomic E-state index is 0.0341. The van der Waals surface area contributed by atoms with E-state index in [1.807, 2.05) is 28.6 Å². The van der Waals surface area contributed by atoms with Gasteiger partial charge in [0.1, 0.15) is 22.7 Å². The number of likely N-dealkylation sites (tertiary alicyclic amines) is 1. The van der Waals surface area contributed by atoms with Crippen LogP contribution >= 0.6 is 0 Å². The summed E-state index contributed by atoms with van der Waals surface area (Å²) in [6, 6.07) is 13.9. The third-order valence-corrected chi connectivity index (χ3v) is 9.96. The molecule has 4 heterocycles. The number of carbonyl (C=O) groups is 2. The van der Waals surface area contributed by atoms with Crippen LogP contribution in [0.15, 0.2) is 48.5 Å². The van der Waals surface area contributed by atoms with E-state index in [0.717, 1.165) is 48.8 Å². The van der Waals surface area contributed by atoms with E-state index < -0.39 is 11.7 Å². The molecule has 10 nitrogen and oxygen atoms in total. The van der Waals surface area contributed by atoms with Crippen molar-refractivity contribution in [3.05, 3.63) is 65.5 Å². The molecule has 2 aliphatic carbocycles. The number of benzene rings is 2. The number of nitrogens with two attached hydrogens (primary N) is 2. The molecule has 0 spiro atoms. The number of ether oxygens (including phenoxy) is 1. The Morgan fingerprint density at radius 1 is 1.07 bits per heavy atom. The summed E-state index contributed by atoms with van der Waals surface area (Å²) in [5.41, 5.74) is 16.1. The van der Waals surface area contributed by atoms with Crippen molar-refractivity contribution in [3.63, 3.8) is 0 Å². The van der Waals surface area contributed by atoms with Crippen LogP contribution in [0.25, 0.3) is 44.8 Å². The van der Waals surface area contributed by atoms with E-state index in [0.29, 0.717) is 57.9 Å². The van der Waals surface area contributed by atoms with Crippen molar-refractivity contribution in [1.82, 2.24) is 24.0 Å². The number of aryl methyl sites for hydroxylation is 1. The molecule has 230 valence electrons. The molecule has 8 rings (SSSR count). The number of methoxy groups -OCH3 is 1. The Balaban J connectivity index is 1.25. The molecule has 2 unspecified atom stereocenters. The first-order chi connectivity index (χ1) is 21.7. The van der Waals surface area contributed by atoms with E-state index in [1.165, 1.54) is 6.07 Å². The van der Waals surface area contributed by atoms with Crippen LogP contribution in [0.1, 0.15) is 46.4 Å². The Labute approximate surface area is 258 Å². The maximum absolute atomic E-state index is 14.6. The predicted molar refractivity (Wildman–Crippen MR) is 168 cm³/mol. The van der Waals surface area contributed by atoms with E-state index in [4.69, 9.17) is 26.2 Å². The van der Waals surface area contributed by atoms with E-state index in [2.05, 4.69) is 10.6 Å². The van der Waals surface area contributed by atoms with E-state index in [9.17, 15) is 14.0 Å². The summed E-state index contributed by atoms with van der Waals surface area (Å²) in [5, 5.41) is 0.891. The zero-order valence-electron chi connectivity index (χ0n) is 25.2. The fourth-order valence-electron chi connectivity index (χ4n) is 7.46. The quantitative estimate of drug-likeness (QED) is 0.280. The number of nitrogens with zero attached hydrogens (tertiary/aromatic N) is 5. The molecule has 45 heavy (non-hydrogen) atoms. The maximum atomic E-state index is 14.6. The van der Waals surface area contributed by atoms with Gasteiger partial charge in [0.05, 0.1) is 29.6 Å². The van der Waals surface area contributed by atoms with Gasteiger partial charge in [-0.25, -0.2) is 14.4 Å². The Hall–Kier alpha value is -4.77. The molecule has 3 aromatic heterocycles. The van der Waals surface area contributed by atoms with Crippen LogP contribution in [-0.4, -0.2) is 61.6 Å². The molecule has 3 atom stereocenters. The largest absolute Gasteiger partial charge is 0.494 e. The van der Waals surface area contributed by atoms with Crippen LogP contribution in [0.3, 0.4) is 0 Å². The number of rotatable bonds is 7. The summed E-state index contributed by atoms with van der Waals surface area (Å²) in [4.78, 5) is 37.8. The molecule has 2 saturated carbocycles. The molecule has 2 aromatic carbocycles. The first-order valence-electron chi connectivity index (χ1n) is 15.4. The number of hydrogen-bond acceptors (Lipinski definition) is 6. The average Bonchev–Trinajstić information content (AvgIpc) is 3.44. The lowest BCUT2D eigenvalue weighted by Crippen LogP contribution is -2.41. The fraction of sp³-hybridized carbons (Fsp3) is 0.353. The average molecular weight is 608 g/mol. The van der Waals surface area contributed by atoms with Crippen LogP contribution in [0, 0.1) is 17.7 Å². The van der Waals surface area contributed by atoms with Gasteiger partial charge in [-0.2, -0.15) is 0 Å². The Morgan fingerprint density at radius 3 is 2.58 bits per heavy atom. The third kappa shape index (κ3) is 4.32. The first-order valence-corrected chi connectivity index (χ1v) is 15.4. The van der Waals surface area contributed by atoms with Gasteiger partial charge in [0, 0.05) is 48.7 Å². The van der Waals surface area contributed by atoms with E-state index in [1.54, 1.807) is 31.4 Å². The minimum atomic E-state index is -0.842. The lowest BCUT2D eigenvalue weighted by molar-refractivity contribution is 0.0700. The zero-order chi connectivity index (χ0) is 31.1. The SMILES string of the molecule is COc1cc(C(=O)N2CC3CCC2[C@@H]3N)cc2nc(-c3cc4ccc(-c5cccc(F)c5C(N)=O)nc4n3CC3CC3)n(C)c12. The normalized spacial score (nSPS) is 20.9. The maximum Gasteiger partial charge on any atom is 0.254 e. The van der Waals surface area contributed by atoms with Crippen molar-refractivity contribution in [1.29, 1.82) is 0 Å². The summed E-state index contributed by atoms with van der Waals surface area (Å²) >= 11 is 0. The smallest absolute Gasteiger partial charge is 0.254 e. The molecule has 3 aliphatic rings. The van der Waals surface area contributed by atoms with Crippen molar-refractivity contribution in [2.24, 2.45) is 30.4 Å². The first kappa shape index (κ1) is 27.8. The minimum Gasteiger partial charge on any atom is -0.494 e. The summed E-state index contributed by atoms with van der Waals surface area (Å²) in [7, 11) is 3.54. The highest BCUT2D eigenvalue weighted by atomic mass is 19.1. The fourth-order valence-corrected chi connectivity index (χ4v) is 7.46. The zero-order valence-corrected chi connectivity index (χ0v) is 25.2. The predicted octanol–water partition coefficient (Wildman–Crippen LogP) is 4.48. The van der Waals surface area contributed by atoms with Crippen molar-refractivity contribution < 1.29 is 18.7 Å². The number of piperidine rings is 1. The summed E-state index contributed by atoms with van der Waals surface area (Å²) in [6.07, 6.45) is 4.26. The van der Waals surface area contributed by atoms with Crippen LogP contribution in [0.2, 0.25) is 0 Å². The molecule has 5 aromatic rings. The molecule has 2 amide bonds. The lowest BCUT2D eigenvalue weighted by atomic mass is 10.0. The van der Waals surface area contributed by atoms with Crippen LogP contribution in [-0.2, 0) is 13.6 Å². The molecule has 11 heteroatoms. The molecule has 2 bridgehead atoms. The molecular weight excluding hydrogens is 573 g/mol. The Morgan fingerprint density at radius 2 is 1.89 bits per heavy atom. The Kier molecular flexibility index (Phi) is 6.25. The number of fused-ring (bicyclic) bond motifs is 4. The number of primary amides is 1. The third-order valence-electron chi connectivity index (χ3n) is 9.96. The number of hydrogen-bond donors (Lipinski definition) is 2. The van der Waals surface area contributed by atoms with E-state index in [-0.39, 0.29) is 23.6 Å². The van der Waals surface area contributed by atoms with Gasteiger partial charge in [0.15, 0.2) is 5.82 Å². The highest BCUT2D eigenvalue weighted by Gasteiger charge is 2.47. The van der Waals surface area contributed by atoms with Crippen molar-refractivity contribution in [3.8, 4) is 28.5 Å². The number of amides is 2. The number of aromatic nitrogens is 4. The number of carbonyl (C=O) groups excluding carboxylic acids is 2. The van der Waals surface area contributed by atoms with Gasteiger partial charge < -0.3 is 30.2 Å². The molecule has 4 N–H and O–H groups in total. The van der Waals surface area contributed by atoms with Gasteiger partial charge in [0.25, 0.3) is 11.8 Å². The van der Waals surface area contributed by atoms with Gasteiger partial charge >= 0.3 is 0 Å². The summed E-state index contributed by atoms with van der Waals surface area (Å²) < 4.78 is 24.6. The topological polar surface area (TPSA) is 134 Å². The van der Waals surface area contributed by atoms with Gasteiger partial charge in [-0.3, -0.25) is 9.59 Å². The monoisotopic (exact) mass is 607 g/mol. The van der Waals surface area contributed by atoms with Gasteiger partial charge in [0.2, 0.25) is 0 Å². The molecule has 1 aliphatic heterocycles. The highest BCUT2D eigenvalue weighted by molar-refractivity contribution is 6.01. The highest BCUT2D eigenvalue weighted by Crippen LogP contribution is 2.40. The number of imidazole rings is 1. The molecule has 0 radical (unpaired) electrons. The number of pyridine rings is 1. The van der Waals surface area contributed by atoms with Gasteiger partial charge in [-0.1, -0.05) is 12.1 Å². The van der Waals surface area contributed by atoms with Crippen molar-refractivity contribution in [2.45, 2.75) is 44.3 Å². The number of halogens is 1. The molecular formula is C34H34FN7O3. The molecule has 3 fully saturated rings. The van der Waals surface area contributed by atoms with Crippen LogP contribution < -0.4 is 16.2 Å². The second-order valence-electron chi connectivity index (χ2n) is 12.7. The summed E-state index contributed by atoms with van der Waals surface area (Å²) in [6.45, 7) is 1.42. The van der Waals surface area contributed by atoms with Gasteiger partial charge in [-0.05, 0) is 73.9 Å². The molecule has 1 saturated heterocycles. The second-order valence-corrected chi connectivity index (χ2v) is 12.7. The van der Waals surface area contributed by atoms with Crippen molar-refractivity contribution >= 4 is 33.9 Å². The summed E-state index contributed by atoms with van der Waals surface area (Å²) in [5.74, 6) is 0.582. The lowest BCUT2D eigenvalue weighted by Gasteiger charge is -2.27. The van der Waals surface area contributed by atoms with Gasteiger partial charge in [-0.15, -0.1) is 0 Å². The Bertz CT molecular complexity index is 2040. The van der Waals surface area contributed by atoms with Crippen molar-refractivity contribution in [2.75, 3.05) is 13.7 Å². The van der Waals surface area contributed by atoms with Crippen LogP contribution in [0.4, 0.5) is 4.39 Å². The van der Waals surface area contributed by atoms with E-state index >= 15 is 0 Å². The second kappa shape index (κ2) is 10.1.